The Kier molecular flexibility index (Phi) is 6.63. The molecule has 4 rings (SSSR count). The summed E-state index contributed by atoms with van der Waals surface area (Å²) in [6.45, 7) is -1.27. The van der Waals surface area contributed by atoms with Gasteiger partial charge in [0.25, 0.3) is 5.91 Å². The predicted octanol–water partition coefficient (Wildman–Crippen LogP) is 3.32. The zero-order valence-corrected chi connectivity index (χ0v) is 18.8. The number of nitrogens with zero attached hydrogens (tertiary/aromatic N) is 6. The van der Waals surface area contributed by atoms with E-state index in [-0.39, 0.29) is 11.6 Å². The van der Waals surface area contributed by atoms with Gasteiger partial charge >= 0.3 is 11.9 Å². The van der Waals surface area contributed by atoms with Gasteiger partial charge in [-0.05, 0) is 36.4 Å². The van der Waals surface area contributed by atoms with Gasteiger partial charge in [0, 0.05) is 17.1 Å². The van der Waals surface area contributed by atoms with E-state index in [1.165, 1.54) is 24.3 Å². The molecule has 2 aromatic carbocycles. The number of para-hydroxylation sites is 1. The molecule has 2 aromatic heterocycles. The van der Waals surface area contributed by atoms with Gasteiger partial charge in [-0.2, -0.15) is 13.2 Å². The molecule has 0 aliphatic rings. The highest BCUT2D eigenvalue weighted by Crippen LogP contribution is 2.24. The molecule has 0 aliphatic heterocycles. The lowest BCUT2D eigenvalue weighted by Crippen LogP contribution is -2.27. The Morgan fingerprint density at radius 2 is 1.67 bits per heavy atom. The second-order valence-corrected chi connectivity index (χ2v) is 7.92. The van der Waals surface area contributed by atoms with Crippen LogP contribution in [0.2, 0.25) is 5.02 Å². The third-order valence-corrected chi connectivity index (χ3v) is 5.21. The fourth-order valence-electron chi connectivity index (χ4n) is 3.36. The lowest BCUT2D eigenvalue weighted by Gasteiger charge is -2.08. The van der Waals surface area contributed by atoms with Crippen LogP contribution in [0.1, 0.15) is 22.9 Å². The van der Waals surface area contributed by atoms with E-state index in [4.69, 9.17) is 17.3 Å². The van der Waals surface area contributed by atoms with Crippen molar-refractivity contribution in [1.82, 2.24) is 29.1 Å². The van der Waals surface area contributed by atoms with Crippen LogP contribution in [0.25, 0.3) is 17.1 Å². The average molecular weight is 528 g/mol. The molecule has 9 nitrogen and oxygen atoms in total. The van der Waals surface area contributed by atoms with Crippen molar-refractivity contribution in [2.45, 2.75) is 25.7 Å². The van der Waals surface area contributed by atoms with E-state index >= 15 is 0 Å². The monoisotopic (exact) mass is 527 g/mol. The van der Waals surface area contributed by atoms with Crippen molar-refractivity contribution in [2.24, 2.45) is 5.73 Å². The number of halogens is 6. The number of aromatic nitrogens is 6. The number of carbonyl (C=O) groups excluding carboxylic acids is 1. The van der Waals surface area contributed by atoms with Crippen LogP contribution in [0.15, 0.2) is 47.3 Å². The maximum absolute atomic E-state index is 14.3. The Hall–Kier alpha value is -4.07. The number of hydrogen-bond acceptors (Lipinski definition) is 5. The number of alkyl halides is 3. The molecule has 36 heavy (non-hydrogen) atoms. The van der Waals surface area contributed by atoms with Crippen LogP contribution in [0.4, 0.5) is 22.0 Å². The number of benzene rings is 2. The molecule has 0 radical (unpaired) electrons. The molecule has 0 bridgehead atoms. The van der Waals surface area contributed by atoms with E-state index in [1.807, 2.05) is 0 Å². The van der Waals surface area contributed by atoms with Crippen molar-refractivity contribution in [3.05, 3.63) is 81.3 Å². The molecule has 0 aliphatic carbocycles. The van der Waals surface area contributed by atoms with Gasteiger partial charge in [0.05, 0.1) is 6.42 Å². The van der Waals surface area contributed by atoms with Gasteiger partial charge in [0.2, 0.25) is 5.82 Å². The predicted molar refractivity (Wildman–Crippen MR) is 116 cm³/mol. The molecule has 0 saturated carbocycles. The maximum atomic E-state index is 14.3. The van der Waals surface area contributed by atoms with Crippen molar-refractivity contribution in [2.75, 3.05) is 0 Å². The molecule has 2 N–H and O–H groups in total. The molecule has 0 unspecified atom stereocenters. The maximum Gasteiger partial charge on any atom is 0.390 e. The molecule has 0 fully saturated rings. The minimum absolute atomic E-state index is 0.0874. The summed E-state index contributed by atoms with van der Waals surface area (Å²) in [7, 11) is 0. The third kappa shape index (κ3) is 5.12. The summed E-state index contributed by atoms with van der Waals surface area (Å²) in [5, 5.41) is 8.34. The van der Waals surface area contributed by atoms with Crippen molar-refractivity contribution in [3.63, 3.8) is 0 Å². The fourth-order valence-corrected chi connectivity index (χ4v) is 3.49. The van der Waals surface area contributed by atoms with Crippen LogP contribution in [0.3, 0.4) is 0 Å². The SMILES string of the molecule is NC(=O)c1nc(Cn2nc(-c3ccc(Cl)cc3)n(CCC(F)(F)F)c2=O)nn1-c1c(F)cccc1F. The van der Waals surface area contributed by atoms with E-state index in [0.29, 0.717) is 15.3 Å². The Labute approximate surface area is 203 Å². The van der Waals surface area contributed by atoms with E-state index < -0.39 is 60.4 Å². The zero-order chi connectivity index (χ0) is 26.2. The lowest BCUT2D eigenvalue weighted by atomic mass is 10.2. The molecule has 4 aromatic rings. The molecule has 2 heterocycles. The van der Waals surface area contributed by atoms with Gasteiger partial charge in [-0.25, -0.2) is 27.9 Å². The summed E-state index contributed by atoms with van der Waals surface area (Å²) >= 11 is 5.87. The average Bonchev–Trinajstić information content (AvgIpc) is 3.34. The van der Waals surface area contributed by atoms with E-state index in [9.17, 15) is 31.5 Å². The minimum Gasteiger partial charge on any atom is -0.363 e. The van der Waals surface area contributed by atoms with Crippen LogP contribution in [0.5, 0.6) is 0 Å². The molecular weight excluding hydrogens is 513 g/mol. The Bertz CT molecular complexity index is 1470. The number of primary amides is 1. The van der Waals surface area contributed by atoms with Crippen molar-refractivity contribution < 1.29 is 26.7 Å². The van der Waals surface area contributed by atoms with Crippen molar-refractivity contribution in [1.29, 1.82) is 0 Å². The standard InChI is InChI=1S/C21H15ClF5N7O2/c22-12-6-4-11(5-7-12)18-31-33(20(36)32(18)9-8-21(25,26)27)10-15-29-19(17(28)35)34(30-15)16-13(23)2-1-3-14(16)24/h1-7H,8-10H2,(H2,28,35). The molecule has 188 valence electrons. The van der Waals surface area contributed by atoms with E-state index in [2.05, 4.69) is 15.2 Å². The molecule has 0 spiro atoms. The summed E-state index contributed by atoms with van der Waals surface area (Å²) in [5.74, 6) is -4.30. The number of carbonyl (C=O) groups is 1. The van der Waals surface area contributed by atoms with Crippen LogP contribution >= 0.6 is 11.6 Å². The Balaban J connectivity index is 1.78. The number of nitrogens with two attached hydrogens (primary N) is 1. The first-order valence-electron chi connectivity index (χ1n) is 10.1. The van der Waals surface area contributed by atoms with Gasteiger partial charge in [-0.3, -0.25) is 9.36 Å². The van der Waals surface area contributed by atoms with Crippen LogP contribution in [-0.2, 0) is 13.1 Å². The molecule has 0 saturated heterocycles. The Morgan fingerprint density at radius 1 is 1.03 bits per heavy atom. The first kappa shape index (κ1) is 25.0. The van der Waals surface area contributed by atoms with Crippen molar-refractivity contribution in [3.8, 4) is 17.1 Å². The lowest BCUT2D eigenvalue weighted by molar-refractivity contribution is -0.136. The van der Waals surface area contributed by atoms with Gasteiger partial charge < -0.3 is 5.73 Å². The normalized spacial score (nSPS) is 11.7. The Morgan fingerprint density at radius 3 is 2.25 bits per heavy atom. The number of rotatable bonds is 7. The summed E-state index contributed by atoms with van der Waals surface area (Å²) in [6.07, 6.45) is -5.84. The highest BCUT2D eigenvalue weighted by Gasteiger charge is 2.29. The zero-order valence-electron chi connectivity index (χ0n) is 18.0. The van der Waals surface area contributed by atoms with Crippen LogP contribution in [0, 0.1) is 11.6 Å². The second-order valence-electron chi connectivity index (χ2n) is 7.49. The van der Waals surface area contributed by atoms with Gasteiger partial charge in [-0.15, -0.1) is 10.2 Å². The van der Waals surface area contributed by atoms with Gasteiger partial charge in [-0.1, -0.05) is 17.7 Å². The molecule has 15 heteroatoms. The first-order valence-corrected chi connectivity index (χ1v) is 10.5. The summed E-state index contributed by atoms with van der Waals surface area (Å²) in [4.78, 5) is 28.7. The topological polar surface area (TPSA) is 114 Å². The molecule has 1 amide bonds. The van der Waals surface area contributed by atoms with Gasteiger partial charge in [0.15, 0.2) is 23.3 Å². The second kappa shape index (κ2) is 9.53. The quantitative estimate of drug-likeness (QED) is 0.370. The summed E-state index contributed by atoms with van der Waals surface area (Å²) in [6, 6.07) is 8.84. The molecule has 0 atom stereocenters. The third-order valence-electron chi connectivity index (χ3n) is 4.96. The van der Waals surface area contributed by atoms with Crippen molar-refractivity contribution >= 4 is 17.5 Å². The van der Waals surface area contributed by atoms with Gasteiger partial charge in [0.1, 0.15) is 12.2 Å². The highest BCUT2D eigenvalue weighted by atomic mass is 35.5. The van der Waals surface area contributed by atoms with Crippen LogP contribution < -0.4 is 11.4 Å². The highest BCUT2D eigenvalue weighted by molar-refractivity contribution is 6.30. The molecular formula is C21H15ClF5N7O2. The van der Waals surface area contributed by atoms with E-state index in [1.54, 1.807) is 0 Å². The smallest absolute Gasteiger partial charge is 0.363 e. The number of amides is 1. The minimum atomic E-state index is -4.54. The summed E-state index contributed by atoms with van der Waals surface area (Å²) < 4.78 is 69.3. The fraction of sp³-hybridized carbons (Fsp3) is 0.190. The largest absolute Gasteiger partial charge is 0.390 e. The van der Waals surface area contributed by atoms with Crippen LogP contribution in [-0.4, -0.2) is 41.2 Å². The van der Waals surface area contributed by atoms with E-state index in [0.717, 1.165) is 27.4 Å². The summed E-state index contributed by atoms with van der Waals surface area (Å²) in [5.41, 5.74) is 3.92. The first-order chi connectivity index (χ1) is 16.9. The number of hydrogen-bond donors (Lipinski definition) is 1.